The van der Waals surface area contributed by atoms with Crippen molar-refractivity contribution in [2.45, 2.75) is 19.9 Å². The number of hydrogen-bond donors (Lipinski definition) is 2. The van der Waals surface area contributed by atoms with Crippen LogP contribution in [0.4, 0.5) is 15.9 Å². The first-order chi connectivity index (χ1) is 8.56. The van der Waals surface area contributed by atoms with Crippen molar-refractivity contribution in [2.75, 3.05) is 11.1 Å². The number of aromatic nitrogens is 1. The highest BCUT2D eigenvalue weighted by atomic mass is 19.1. The zero-order valence-corrected chi connectivity index (χ0v) is 10.4. The smallest absolute Gasteiger partial charge is 0.149 e. The molecule has 0 saturated carbocycles. The van der Waals surface area contributed by atoms with Gasteiger partial charge in [0.1, 0.15) is 11.6 Å². The Morgan fingerprint density at radius 1 is 1.28 bits per heavy atom. The molecule has 0 amide bonds. The predicted octanol–water partition coefficient (Wildman–Crippen LogP) is 3.28. The van der Waals surface area contributed by atoms with Crippen molar-refractivity contribution < 1.29 is 4.39 Å². The number of nitrogens with two attached hydrogens (primary N) is 1. The maximum absolute atomic E-state index is 13.1. The maximum atomic E-state index is 13.1. The first kappa shape index (κ1) is 12.4. The van der Waals surface area contributed by atoms with Crippen LogP contribution >= 0.6 is 0 Å². The third-order valence-corrected chi connectivity index (χ3v) is 2.77. The van der Waals surface area contributed by atoms with E-state index in [1.807, 2.05) is 32.0 Å². The molecule has 94 valence electrons. The van der Waals surface area contributed by atoms with Gasteiger partial charge in [-0.2, -0.15) is 0 Å². The monoisotopic (exact) mass is 245 g/mol. The first-order valence-electron chi connectivity index (χ1n) is 5.81. The lowest BCUT2D eigenvalue weighted by Crippen LogP contribution is -2.10. The van der Waals surface area contributed by atoms with Crippen molar-refractivity contribution in [3.05, 3.63) is 53.5 Å². The van der Waals surface area contributed by atoms with E-state index in [1.165, 1.54) is 12.1 Å². The summed E-state index contributed by atoms with van der Waals surface area (Å²) in [6, 6.07) is 10.1. The standard InChI is InChI=1S/C14H16FN3/c1-9-6-7-13(16)14(17-9)18-10(2)11-4-3-5-12(15)8-11/h3-8,10H,16H2,1-2H3,(H,17,18). The molecule has 0 aliphatic heterocycles. The van der Waals surface area contributed by atoms with E-state index in [4.69, 9.17) is 5.73 Å². The zero-order valence-electron chi connectivity index (χ0n) is 10.4. The van der Waals surface area contributed by atoms with E-state index in [1.54, 1.807) is 6.07 Å². The van der Waals surface area contributed by atoms with E-state index in [2.05, 4.69) is 10.3 Å². The molecule has 3 nitrogen and oxygen atoms in total. The highest BCUT2D eigenvalue weighted by Gasteiger charge is 2.09. The van der Waals surface area contributed by atoms with Crippen molar-refractivity contribution in [3.8, 4) is 0 Å². The van der Waals surface area contributed by atoms with E-state index in [-0.39, 0.29) is 11.9 Å². The van der Waals surface area contributed by atoms with Crippen LogP contribution in [0, 0.1) is 12.7 Å². The summed E-state index contributed by atoms with van der Waals surface area (Å²) < 4.78 is 13.1. The Morgan fingerprint density at radius 2 is 2.06 bits per heavy atom. The molecule has 2 rings (SSSR count). The van der Waals surface area contributed by atoms with Gasteiger partial charge in [0.15, 0.2) is 0 Å². The average Bonchev–Trinajstić information content (AvgIpc) is 2.34. The second-order valence-electron chi connectivity index (χ2n) is 4.31. The summed E-state index contributed by atoms with van der Waals surface area (Å²) in [6.45, 7) is 3.84. The number of hydrogen-bond acceptors (Lipinski definition) is 3. The Bertz CT molecular complexity index is 554. The first-order valence-corrected chi connectivity index (χ1v) is 5.81. The Labute approximate surface area is 106 Å². The maximum Gasteiger partial charge on any atom is 0.149 e. The van der Waals surface area contributed by atoms with Crippen molar-refractivity contribution in [1.82, 2.24) is 4.98 Å². The molecule has 4 heteroatoms. The molecule has 1 atom stereocenters. The summed E-state index contributed by atoms with van der Waals surface area (Å²) in [4.78, 5) is 4.33. The fourth-order valence-electron chi connectivity index (χ4n) is 1.75. The van der Waals surface area contributed by atoms with Gasteiger partial charge in [-0.1, -0.05) is 12.1 Å². The molecule has 2 aromatic rings. The normalized spacial score (nSPS) is 12.2. The molecule has 0 radical (unpaired) electrons. The second kappa shape index (κ2) is 5.04. The minimum absolute atomic E-state index is 0.0581. The topological polar surface area (TPSA) is 50.9 Å². The summed E-state index contributed by atoms with van der Waals surface area (Å²) in [5, 5.41) is 3.19. The van der Waals surface area contributed by atoms with Crippen LogP contribution in [0.15, 0.2) is 36.4 Å². The van der Waals surface area contributed by atoms with E-state index in [0.29, 0.717) is 11.5 Å². The van der Waals surface area contributed by atoms with Gasteiger partial charge in [0.05, 0.1) is 11.7 Å². The molecule has 1 unspecified atom stereocenters. The van der Waals surface area contributed by atoms with Crippen molar-refractivity contribution >= 4 is 11.5 Å². The minimum Gasteiger partial charge on any atom is -0.396 e. The van der Waals surface area contributed by atoms with Crippen molar-refractivity contribution in [1.29, 1.82) is 0 Å². The molecule has 0 fully saturated rings. The summed E-state index contributed by atoms with van der Waals surface area (Å²) in [6.07, 6.45) is 0. The molecule has 1 aromatic carbocycles. The molecule has 1 aromatic heterocycles. The van der Waals surface area contributed by atoms with Gasteiger partial charge in [-0.25, -0.2) is 9.37 Å². The van der Waals surface area contributed by atoms with Crippen LogP contribution in [0.2, 0.25) is 0 Å². The van der Waals surface area contributed by atoms with Crippen LogP contribution in [0.1, 0.15) is 24.2 Å². The molecule has 0 aliphatic rings. The number of anilines is 2. The number of aryl methyl sites for hydroxylation is 1. The van der Waals surface area contributed by atoms with Crippen LogP contribution in [-0.4, -0.2) is 4.98 Å². The van der Waals surface area contributed by atoms with E-state index >= 15 is 0 Å². The predicted molar refractivity (Wildman–Crippen MR) is 71.8 cm³/mol. The molecular formula is C14H16FN3. The van der Waals surface area contributed by atoms with Gasteiger partial charge in [-0.3, -0.25) is 0 Å². The molecule has 1 heterocycles. The summed E-state index contributed by atoms with van der Waals surface area (Å²) in [7, 11) is 0. The Morgan fingerprint density at radius 3 is 2.78 bits per heavy atom. The van der Waals surface area contributed by atoms with Crippen molar-refractivity contribution in [3.63, 3.8) is 0 Å². The minimum atomic E-state index is -0.244. The number of rotatable bonds is 3. The Balaban J connectivity index is 2.21. The Kier molecular flexibility index (Phi) is 3.46. The molecule has 0 spiro atoms. The second-order valence-corrected chi connectivity index (χ2v) is 4.31. The largest absolute Gasteiger partial charge is 0.396 e. The summed E-state index contributed by atoms with van der Waals surface area (Å²) >= 11 is 0. The lowest BCUT2D eigenvalue weighted by molar-refractivity contribution is 0.623. The van der Waals surface area contributed by atoms with E-state index < -0.39 is 0 Å². The molecule has 0 aliphatic carbocycles. The van der Waals surface area contributed by atoms with Gasteiger partial charge in [0, 0.05) is 5.69 Å². The Hall–Kier alpha value is -2.10. The number of halogens is 1. The molecular weight excluding hydrogens is 229 g/mol. The van der Waals surface area contributed by atoms with Gasteiger partial charge in [-0.15, -0.1) is 0 Å². The summed E-state index contributed by atoms with van der Waals surface area (Å²) in [5.74, 6) is 0.387. The van der Waals surface area contributed by atoms with Gasteiger partial charge in [0.25, 0.3) is 0 Å². The van der Waals surface area contributed by atoms with Gasteiger partial charge in [-0.05, 0) is 43.7 Å². The fourth-order valence-corrected chi connectivity index (χ4v) is 1.75. The number of nitrogen functional groups attached to an aromatic ring is 1. The van der Waals surface area contributed by atoms with Crippen LogP contribution in [0.25, 0.3) is 0 Å². The molecule has 18 heavy (non-hydrogen) atoms. The highest BCUT2D eigenvalue weighted by Crippen LogP contribution is 2.22. The van der Waals surface area contributed by atoms with Gasteiger partial charge < -0.3 is 11.1 Å². The lowest BCUT2D eigenvalue weighted by Gasteiger charge is -2.16. The summed E-state index contributed by atoms with van der Waals surface area (Å²) in [5.41, 5.74) is 8.18. The number of pyridine rings is 1. The van der Waals surface area contributed by atoms with Crippen LogP contribution < -0.4 is 11.1 Å². The lowest BCUT2D eigenvalue weighted by atomic mass is 10.1. The van der Waals surface area contributed by atoms with Gasteiger partial charge in [0.2, 0.25) is 0 Å². The van der Waals surface area contributed by atoms with E-state index in [0.717, 1.165) is 11.3 Å². The zero-order chi connectivity index (χ0) is 13.1. The van der Waals surface area contributed by atoms with Crippen molar-refractivity contribution in [2.24, 2.45) is 0 Å². The SMILES string of the molecule is Cc1ccc(N)c(NC(C)c2cccc(F)c2)n1. The third-order valence-electron chi connectivity index (χ3n) is 2.77. The molecule has 3 N–H and O–H groups in total. The third kappa shape index (κ3) is 2.77. The fraction of sp³-hybridized carbons (Fsp3) is 0.214. The highest BCUT2D eigenvalue weighted by molar-refractivity contribution is 5.61. The van der Waals surface area contributed by atoms with E-state index in [9.17, 15) is 4.39 Å². The number of nitrogens with zero attached hydrogens (tertiary/aromatic N) is 1. The van der Waals surface area contributed by atoms with Crippen LogP contribution in [0.3, 0.4) is 0 Å². The van der Waals surface area contributed by atoms with Crippen LogP contribution in [-0.2, 0) is 0 Å². The average molecular weight is 245 g/mol. The quantitative estimate of drug-likeness (QED) is 0.872. The molecule has 0 saturated heterocycles. The van der Waals surface area contributed by atoms with Crippen LogP contribution in [0.5, 0.6) is 0 Å². The number of nitrogens with one attached hydrogen (secondary N) is 1. The number of benzene rings is 1. The van der Waals surface area contributed by atoms with Gasteiger partial charge >= 0.3 is 0 Å². The molecule has 0 bridgehead atoms.